The number of nitrogens with two attached hydrogens (primary N) is 2. The van der Waals surface area contributed by atoms with Crippen LogP contribution < -0.4 is 17.0 Å². The van der Waals surface area contributed by atoms with Gasteiger partial charge < -0.3 is 5.73 Å². The normalized spacial score (nSPS) is 12.3. The molecular weight excluding hydrogens is 200 g/mol. The predicted octanol–water partition coefficient (Wildman–Crippen LogP) is 1.22. The van der Waals surface area contributed by atoms with Crippen LogP contribution in [0.4, 0.5) is 5.69 Å². The van der Waals surface area contributed by atoms with E-state index in [9.17, 15) is 0 Å². The van der Waals surface area contributed by atoms with Crippen molar-refractivity contribution in [2.24, 2.45) is 5.84 Å². The zero-order chi connectivity index (χ0) is 11.4. The molecule has 2 aromatic rings. The minimum atomic E-state index is -0.130. The highest BCUT2D eigenvalue weighted by Crippen LogP contribution is 2.24. The van der Waals surface area contributed by atoms with Gasteiger partial charge in [-0.1, -0.05) is 24.3 Å². The van der Waals surface area contributed by atoms with Gasteiger partial charge in [0.15, 0.2) is 0 Å². The molecule has 0 spiro atoms. The van der Waals surface area contributed by atoms with Crippen LogP contribution in [0.1, 0.15) is 17.2 Å². The predicted molar refractivity (Wildman–Crippen MR) is 64.3 cm³/mol. The maximum Gasteiger partial charge on any atom is 0.0744 e. The molecule has 0 amide bonds. The monoisotopic (exact) mass is 214 g/mol. The second-order valence-electron chi connectivity index (χ2n) is 3.51. The van der Waals surface area contributed by atoms with E-state index in [0.29, 0.717) is 5.69 Å². The molecule has 0 radical (unpaired) electrons. The van der Waals surface area contributed by atoms with Crippen LogP contribution in [0.25, 0.3) is 0 Å². The van der Waals surface area contributed by atoms with Crippen LogP contribution in [0, 0.1) is 0 Å². The third kappa shape index (κ3) is 2.03. The van der Waals surface area contributed by atoms with Crippen LogP contribution in [-0.2, 0) is 0 Å². The summed E-state index contributed by atoms with van der Waals surface area (Å²) in [5.74, 6) is 5.57. The van der Waals surface area contributed by atoms with Crippen molar-refractivity contribution in [2.75, 3.05) is 5.73 Å². The summed E-state index contributed by atoms with van der Waals surface area (Å²) in [4.78, 5) is 4.07. The van der Waals surface area contributed by atoms with E-state index in [0.717, 1.165) is 11.1 Å². The van der Waals surface area contributed by atoms with Crippen molar-refractivity contribution in [3.8, 4) is 0 Å². The number of rotatable bonds is 3. The van der Waals surface area contributed by atoms with Crippen molar-refractivity contribution in [3.63, 3.8) is 0 Å². The second-order valence-corrected chi connectivity index (χ2v) is 3.51. The molecule has 0 fully saturated rings. The lowest BCUT2D eigenvalue weighted by Crippen LogP contribution is -2.29. The minimum Gasteiger partial charge on any atom is -0.398 e. The highest BCUT2D eigenvalue weighted by molar-refractivity contribution is 5.50. The molecule has 1 aromatic carbocycles. The first kappa shape index (κ1) is 10.6. The Morgan fingerprint density at radius 3 is 2.56 bits per heavy atom. The molecule has 5 N–H and O–H groups in total. The van der Waals surface area contributed by atoms with E-state index in [1.807, 2.05) is 36.4 Å². The molecule has 0 aliphatic rings. The first-order valence-electron chi connectivity index (χ1n) is 5.03. The van der Waals surface area contributed by atoms with Gasteiger partial charge in [-0.3, -0.25) is 10.8 Å². The molecule has 0 bridgehead atoms. The molecule has 82 valence electrons. The van der Waals surface area contributed by atoms with E-state index in [-0.39, 0.29) is 6.04 Å². The summed E-state index contributed by atoms with van der Waals surface area (Å²) in [7, 11) is 0. The molecule has 1 aromatic heterocycles. The smallest absolute Gasteiger partial charge is 0.0744 e. The van der Waals surface area contributed by atoms with Gasteiger partial charge in [-0.2, -0.15) is 0 Å². The quantitative estimate of drug-likeness (QED) is 0.408. The zero-order valence-electron chi connectivity index (χ0n) is 8.80. The highest BCUT2D eigenvalue weighted by atomic mass is 15.2. The zero-order valence-corrected chi connectivity index (χ0v) is 8.80. The molecule has 1 heterocycles. The molecule has 0 saturated carbocycles. The fourth-order valence-corrected chi connectivity index (χ4v) is 1.69. The average molecular weight is 214 g/mol. The Hall–Kier alpha value is -1.91. The molecule has 0 saturated heterocycles. The van der Waals surface area contributed by atoms with Gasteiger partial charge >= 0.3 is 0 Å². The Balaban J connectivity index is 2.41. The Morgan fingerprint density at radius 1 is 1.12 bits per heavy atom. The van der Waals surface area contributed by atoms with Crippen molar-refractivity contribution in [1.82, 2.24) is 10.4 Å². The van der Waals surface area contributed by atoms with Gasteiger partial charge in [0.25, 0.3) is 0 Å². The van der Waals surface area contributed by atoms with Gasteiger partial charge in [-0.25, -0.2) is 5.43 Å². The topological polar surface area (TPSA) is 77.0 Å². The summed E-state index contributed by atoms with van der Waals surface area (Å²) >= 11 is 0. The average Bonchev–Trinajstić information content (AvgIpc) is 2.34. The maximum atomic E-state index is 5.92. The van der Waals surface area contributed by atoms with Crippen molar-refractivity contribution in [1.29, 1.82) is 0 Å². The standard InChI is InChI=1S/C12H14N4/c13-11-6-2-1-5-10(11)12(16-14)9-4-3-7-15-8-9/h1-8,12,16H,13-14H2. The maximum absolute atomic E-state index is 5.92. The van der Waals surface area contributed by atoms with Gasteiger partial charge in [0.05, 0.1) is 6.04 Å². The summed E-state index contributed by atoms with van der Waals surface area (Å²) in [6, 6.07) is 11.4. The molecule has 1 unspecified atom stereocenters. The van der Waals surface area contributed by atoms with Crippen LogP contribution in [0.5, 0.6) is 0 Å². The van der Waals surface area contributed by atoms with Gasteiger partial charge in [0.2, 0.25) is 0 Å². The van der Waals surface area contributed by atoms with Gasteiger partial charge in [0.1, 0.15) is 0 Å². The lowest BCUT2D eigenvalue weighted by Gasteiger charge is -2.18. The minimum absolute atomic E-state index is 0.130. The van der Waals surface area contributed by atoms with Crippen LogP contribution in [0.3, 0.4) is 0 Å². The Labute approximate surface area is 94.3 Å². The molecule has 16 heavy (non-hydrogen) atoms. The molecule has 2 rings (SSSR count). The Kier molecular flexibility index (Phi) is 3.14. The molecule has 1 atom stereocenters. The number of anilines is 1. The van der Waals surface area contributed by atoms with Gasteiger partial charge in [-0.05, 0) is 23.3 Å². The number of pyridine rings is 1. The first-order valence-corrected chi connectivity index (χ1v) is 5.03. The summed E-state index contributed by atoms with van der Waals surface area (Å²) in [5.41, 5.74) is 11.3. The molecular formula is C12H14N4. The van der Waals surface area contributed by atoms with Crippen molar-refractivity contribution in [2.45, 2.75) is 6.04 Å². The first-order chi connectivity index (χ1) is 7.83. The van der Waals surface area contributed by atoms with Crippen LogP contribution in [0.2, 0.25) is 0 Å². The van der Waals surface area contributed by atoms with E-state index in [2.05, 4.69) is 10.4 Å². The van der Waals surface area contributed by atoms with E-state index in [4.69, 9.17) is 11.6 Å². The summed E-state index contributed by atoms with van der Waals surface area (Å²) in [6.45, 7) is 0. The van der Waals surface area contributed by atoms with E-state index in [1.165, 1.54) is 0 Å². The third-order valence-electron chi connectivity index (χ3n) is 2.49. The lowest BCUT2D eigenvalue weighted by molar-refractivity contribution is 0.636. The SMILES string of the molecule is NNC(c1cccnc1)c1ccccc1N. The lowest BCUT2D eigenvalue weighted by atomic mass is 9.99. The molecule has 4 nitrogen and oxygen atoms in total. The van der Waals surface area contributed by atoms with E-state index < -0.39 is 0 Å². The second kappa shape index (κ2) is 4.74. The number of nitrogens with one attached hydrogen (secondary N) is 1. The summed E-state index contributed by atoms with van der Waals surface area (Å²) in [5, 5.41) is 0. The Bertz CT molecular complexity index is 456. The number of hydrogen-bond donors (Lipinski definition) is 3. The largest absolute Gasteiger partial charge is 0.398 e. The number of aromatic nitrogens is 1. The van der Waals surface area contributed by atoms with Gasteiger partial charge in [-0.15, -0.1) is 0 Å². The highest BCUT2D eigenvalue weighted by Gasteiger charge is 2.14. The fourth-order valence-electron chi connectivity index (χ4n) is 1.69. The van der Waals surface area contributed by atoms with Crippen molar-refractivity contribution in [3.05, 3.63) is 59.9 Å². The van der Waals surface area contributed by atoms with Crippen LogP contribution in [-0.4, -0.2) is 4.98 Å². The number of nitrogens with zero attached hydrogens (tertiary/aromatic N) is 1. The summed E-state index contributed by atoms with van der Waals surface area (Å²) in [6.07, 6.45) is 3.50. The van der Waals surface area contributed by atoms with Crippen LogP contribution >= 0.6 is 0 Å². The van der Waals surface area contributed by atoms with Crippen molar-refractivity contribution < 1.29 is 0 Å². The number of nitrogen functional groups attached to an aromatic ring is 1. The third-order valence-corrected chi connectivity index (χ3v) is 2.49. The molecule has 0 aliphatic carbocycles. The van der Waals surface area contributed by atoms with Crippen LogP contribution in [0.15, 0.2) is 48.8 Å². The van der Waals surface area contributed by atoms with E-state index >= 15 is 0 Å². The number of benzene rings is 1. The molecule has 0 aliphatic heterocycles. The fraction of sp³-hybridized carbons (Fsp3) is 0.0833. The summed E-state index contributed by atoms with van der Waals surface area (Å²) < 4.78 is 0. The number of hydrazine groups is 1. The molecule has 4 heteroatoms. The van der Waals surface area contributed by atoms with E-state index in [1.54, 1.807) is 12.4 Å². The van der Waals surface area contributed by atoms with Gasteiger partial charge in [0, 0.05) is 18.1 Å². The number of hydrogen-bond acceptors (Lipinski definition) is 4. The number of para-hydroxylation sites is 1. The Morgan fingerprint density at radius 2 is 1.94 bits per heavy atom. The van der Waals surface area contributed by atoms with Crippen molar-refractivity contribution >= 4 is 5.69 Å².